The molecule has 0 spiro atoms. The Labute approximate surface area is 125 Å². The topological polar surface area (TPSA) is 12.0 Å². The molecule has 0 amide bonds. The fourth-order valence-corrected chi connectivity index (χ4v) is 4.90. The number of fused-ring (bicyclic) bond motifs is 3. The molecule has 2 aromatic carbocycles. The van der Waals surface area contributed by atoms with Gasteiger partial charge in [-0.15, -0.1) is 0 Å². The molecule has 1 nitrogen and oxygen atoms in total. The second kappa shape index (κ2) is 5.10. The predicted molar refractivity (Wildman–Crippen MR) is 84.9 cm³/mol. The van der Waals surface area contributed by atoms with Crippen LogP contribution in [-0.2, 0) is 0 Å². The third kappa shape index (κ3) is 2.17. The average molecular weight is 283 g/mol. The van der Waals surface area contributed by atoms with Crippen molar-refractivity contribution in [2.75, 3.05) is 13.6 Å². The van der Waals surface area contributed by atoms with E-state index in [1.165, 1.54) is 30.2 Å². The fraction of sp³-hybridized carbons (Fsp3) is 0.474. The van der Waals surface area contributed by atoms with E-state index in [0.717, 1.165) is 29.7 Å². The van der Waals surface area contributed by atoms with Gasteiger partial charge in [-0.2, -0.15) is 0 Å². The molecular formula is C19H22FN. The molecule has 0 heterocycles. The van der Waals surface area contributed by atoms with Gasteiger partial charge in [0, 0.05) is 0 Å². The molecule has 2 bridgehead atoms. The lowest BCUT2D eigenvalue weighted by atomic mass is 9.75. The summed E-state index contributed by atoms with van der Waals surface area (Å²) in [5.74, 6) is 3.06. The van der Waals surface area contributed by atoms with Gasteiger partial charge in [-0.05, 0) is 85.0 Å². The van der Waals surface area contributed by atoms with Gasteiger partial charge in [0.15, 0.2) is 0 Å². The van der Waals surface area contributed by atoms with Gasteiger partial charge in [0.2, 0.25) is 0 Å². The molecule has 0 radical (unpaired) electrons. The van der Waals surface area contributed by atoms with E-state index in [0.29, 0.717) is 5.92 Å². The number of nitrogens with one attached hydrogen (secondary N) is 1. The van der Waals surface area contributed by atoms with Crippen LogP contribution < -0.4 is 5.32 Å². The van der Waals surface area contributed by atoms with E-state index >= 15 is 0 Å². The van der Waals surface area contributed by atoms with Crippen LogP contribution in [0.3, 0.4) is 0 Å². The van der Waals surface area contributed by atoms with Crippen molar-refractivity contribution in [3.8, 4) is 0 Å². The second-order valence-corrected chi connectivity index (χ2v) is 6.83. The molecule has 0 unspecified atom stereocenters. The largest absolute Gasteiger partial charge is 0.319 e. The third-order valence-corrected chi connectivity index (χ3v) is 5.74. The summed E-state index contributed by atoms with van der Waals surface area (Å²) in [6, 6.07) is 11.7. The van der Waals surface area contributed by atoms with Crippen molar-refractivity contribution >= 4 is 10.8 Å². The van der Waals surface area contributed by atoms with Crippen LogP contribution in [0.1, 0.15) is 30.7 Å². The molecule has 2 aliphatic rings. The zero-order chi connectivity index (χ0) is 14.4. The molecule has 1 N–H and O–H groups in total. The van der Waals surface area contributed by atoms with Gasteiger partial charge in [0.05, 0.1) is 0 Å². The van der Waals surface area contributed by atoms with Gasteiger partial charge < -0.3 is 5.32 Å². The Kier molecular flexibility index (Phi) is 3.22. The molecule has 4 rings (SSSR count). The number of rotatable bonds is 3. The predicted octanol–water partition coefficient (Wildman–Crippen LogP) is 4.33. The summed E-state index contributed by atoms with van der Waals surface area (Å²) in [5.41, 5.74) is 1.46. The maximum absolute atomic E-state index is 13.3. The summed E-state index contributed by atoms with van der Waals surface area (Å²) in [5, 5.41) is 5.56. The van der Waals surface area contributed by atoms with Crippen LogP contribution in [0, 0.1) is 23.6 Å². The standard InChI is InChI=1S/C19H22FN/c1-21-11-18-14-3-5-16(9-14)19(18)15-4-2-13-10-17(20)7-6-12(13)8-15/h2,4,6-8,10,14,16,18-19,21H,3,5,9,11H2,1H3/t14-,16+,18-,19+/m0/s1. The minimum Gasteiger partial charge on any atom is -0.319 e. The molecule has 2 saturated carbocycles. The van der Waals surface area contributed by atoms with Gasteiger partial charge in [0.25, 0.3) is 0 Å². The van der Waals surface area contributed by atoms with Gasteiger partial charge in [-0.25, -0.2) is 4.39 Å². The Hall–Kier alpha value is -1.41. The molecule has 2 fully saturated rings. The average Bonchev–Trinajstić information content (AvgIpc) is 3.08. The van der Waals surface area contributed by atoms with Crippen molar-refractivity contribution in [1.82, 2.24) is 5.32 Å². The molecule has 4 atom stereocenters. The summed E-state index contributed by atoms with van der Waals surface area (Å²) < 4.78 is 13.3. The number of benzene rings is 2. The molecule has 110 valence electrons. The second-order valence-electron chi connectivity index (χ2n) is 6.83. The van der Waals surface area contributed by atoms with Crippen molar-refractivity contribution in [3.63, 3.8) is 0 Å². The molecule has 2 heteroatoms. The molecule has 0 aliphatic heterocycles. The number of halogens is 1. The highest BCUT2D eigenvalue weighted by Crippen LogP contribution is 2.56. The molecular weight excluding hydrogens is 261 g/mol. The van der Waals surface area contributed by atoms with Crippen LogP contribution in [0.2, 0.25) is 0 Å². The quantitative estimate of drug-likeness (QED) is 0.884. The highest BCUT2D eigenvalue weighted by atomic mass is 19.1. The maximum atomic E-state index is 13.3. The van der Waals surface area contributed by atoms with E-state index in [4.69, 9.17) is 0 Å². The first-order valence-electron chi connectivity index (χ1n) is 8.10. The van der Waals surface area contributed by atoms with E-state index in [1.54, 1.807) is 12.1 Å². The van der Waals surface area contributed by atoms with Crippen LogP contribution in [0.5, 0.6) is 0 Å². The summed E-state index contributed by atoms with van der Waals surface area (Å²) in [7, 11) is 2.06. The minimum atomic E-state index is -0.150. The Bertz CT molecular complexity index is 666. The highest BCUT2D eigenvalue weighted by molar-refractivity contribution is 5.83. The fourth-order valence-electron chi connectivity index (χ4n) is 4.90. The zero-order valence-corrected chi connectivity index (χ0v) is 12.5. The zero-order valence-electron chi connectivity index (χ0n) is 12.5. The smallest absolute Gasteiger partial charge is 0.123 e. The first-order valence-corrected chi connectivity index (χ1v) is 8.10. The summed E-state index contributed by atoms with van der Waals surface area (Å²) in [6.45, 7) is 1.12. The molecule has 0 saturated heterocycles. The Morgan fingerprint density at radius 3 is 2.67 bits per heavy atom. The Morgan fingerprint density at radius 2 is 1.81 bits per heavy atom. The van der Waals surface area contributed by atoms with E-state index in [1.807, 2.05) is 6.07 Å². The summed E-state index contributed by atoms with van der Waals surface area (Å²) >= 11 is 0. The van der Waals surface area contributed by atoms with Crippen LogP contribution >= 0.6 is 0 Å². The van der Waals surface area contributed by atoms with Crippen LogP contribution in [0.15, 0.2) is 36.4 Å². The number of hydrogen-bond donors (Lipinski definition) is 1. The minimum absolute atomic E-state index is 0.150. The lowest BCUT2D eigenvalue weighted by molar-refractivity contribution is 0.282. The van der Waals surface area contributed by atoms with Gasteiger partial charge >= 0.3 is 0 Å². The van der Waals surface area contributed by atoms with Crippen LogP contribution in [-0.4, -0.2) is 13.6 Å². The van der Waals surface area contributed by atoms with Crippen LogP contribution in [0.25, 0.3) is 10.8 Å². The number of hydrogen-bond acceptors (Lipinski definition) is 1. The Morgan fingerprint density at radius 1 is 1.05 bits per heavy atom. The lowest BCUT2D eigenvalue weighted by Gasteiger charge is -2.31. The monoisotopic (exact) mass is 283 g/mol. The Balaban J connectivity index is 1.73. The van der Waals surface area contributed by atoms with Crippen molar-refractivity contribution in [3.05, 3.63) is 47.8 Å². The van der Waals surface area contributed by atoms with E-state index < -0.39 is 0 Å². The SMILES string of the molecule is CNC[C@H]1[C@H]2CC[C@H](C2)[C@H]1c1ccc2cc(F)ccc2c1. The maximum Gasteiger partial charge on any atom is 0.123 e. The molecule has 21 heavy (non-hydrogen) atoms. The first-order chi connectivity index (χ1) is 10.3. The van der Waals surface area contributed by atoms with Crippen molar-refractivity contribution in [1.29, 1.82) is 0 Å². The normalized spacial score (nSPS) is 31.1. The van der Waals surface area contributed by atoms with E-state index in [9.17, 15) is 4.39 Å². The summed E-state index contributed by atoms with van der Waals surface area (Å²) in [6.07, 6.45) is 4.20. The van der Waals surface area contributed by atoms with E-state index in [-0.39, 0.29) is 5.82 Å². The van der Waals surface area contributed by atoms with Crippen molar-refractivity contribution in [2.24, 2.45) is 17.8 Å². The molecule has 2 aromatic rings. The van der Waals surface area contributed by atoms with Gasteiger partial charge in [-0.3, -0.25) is 0 Å². The first kappa shape index (κ1) is 13.3. The lowest BCUT2D eigenvalue weighted by Crippen LogP contribution is -2.29. The summed E-state index contributed by atoms with van der Waals surface area (Å²) in [4.78, 5) is 0. The van der Waals surface area contributed by atoms with Crippen molar-refractivity contribution < 1.29 is 4.39 Å². The van der Waals surface area contributed by atoms with E-state index in [2.05, 4.69) is 30.6 Å². The molecule has 2 aliphatic carbocycles. The van der Waals surface area contributed by atoms with Crippen molar-refractivity contribution in [2.45, 2.75) is 25.2 Å². The van der Waals surface area contributed by atoms with Crippen LogP contribution in [0.4, 0.5) is 4.39 Å². The van der Waals surface area contributed by atoms with Gasteiger partial charge in [0.1, 0.15) is 5.82 Å². The highest BCUT2D eigenvalue weighted by Gasteiger charge is 2.47. The third-order valence-electron chi connectivity index (χ3n) is 5.74. The van der Waals surface area contributed by atoms with Gasteiger partial charge in [-0.1, -0.05) is 24.3 Å². The molecule has 0 aromatic heterocycles.